The normalized spacial score (nSPS) is 24.8. The number of fused-ring (bicyclic) bond motifs is 1. The molecule has 1 fully saturated rings. The fourth-order valence-electron chi connectivity index (χ4n) is 3.60. The van der Waals surface area contributed by atoms with Gasteiger partial charge in [0.05, 0.1) is 0 Å². The molecular formula is C18H24N4O3. The van der Waals surface area contributed by atoms with Gasteiger partial charge in [-0.1, -0.05) is 12.1 Å². The number of para-hydroxylation sites is 2. The van der Waals surface area contributed by atoms with Crippen molar-refractivity contribution in [2.24, 2.45) is 4.99 Å². The van der Waals surface area contributed by atoms with Crippen LogP contribution in [0.15, 0.2) is 29.3 Å². The van der Waals surface area contributed by atoms with Gasteiger partial charge in [-0.05, 0) is 25.0 Å². The van der Waals surface area contributed by atoms with Crippen molar-refractivity contribution in [3.63, 3.8) is 0 Å². The Labute approximate surface area is 147 Å². The van der Waals surface area contributed by atoms with Crippen LogP contribution >= 0.6 is 0 Å². The molecule has 134 valence electrons. The molecule has 0 aliphatic carbocycles. The second kappa shape index (κ2) is 6.22. The number of amides is 1. The predicted molar refractivity (Wildman–Crippen MR) is 94.0 cm³/mol. The summed E-state index contributed by atoms with van der Waals surface area (Å²) in [7, 11) is 3.79. The number of likely N-dealkylation sites (tertiary alicyclic amines) is 1. The molecule has 7 heteroatoms. The summed E-state index contributed by atoms with van der Waals surface area (Å²) in [5, 5.41) is 2.89. The van der Waals surface area contributed by atoms with Crippen molar-refractivity contribution < 1.29 is 14.3 Å². The lowest BCUT2D eigenvalue weighted by Crippen LogP contribution is -2.51. The summed E-state index contributed by atoms with van der Waals surface area (Å²) in [6.45, 7) is 3.02. The number of guanidine groups is 1. The van der Waals surface area contributed by atoms with E-state index in [1.807, 2.05) is 43.3 Å². The van der Waals surface area contributed by atoms with Crippen LogP contribution in [0.5, 0.6) is 11.5 Å². The zero-order valence-electron chi connectivity index (χ0n) is 14.7. The molecule has 1 unspecified atom stereocenters. The minimum Gasteiger partial charge on any atom is -0.486 e. The standard InChI is InChI=1S/C18H24N4O3/c1-21(2)17-19-16(23)18(20-17)7-9-22(10-8-18)11-13-12-24-14-5-3-4-6-15(14)25-13/h3-6,13H,7-12H2,1-2H3,(H,19,20,23). The maximum Gasteiger partial charge on any atom is 0.254 e. The zero-order valence-corrected chi connectivity index (χ0v) is 14.7. The molecule has 3 aliphatic rings. The summed E-state index contributed by atoms with van der Waals surface area (Å²) in [4.78, 5) is 21.2. The number of piperidine rings is 1. The fraction of sp³-hybridized carbons (Fsp3) is 0.556. The van der Waals surface area contributed by atoms with Crippen molar-refractivity contribution in [1.29, 1.82) is 0 Å². The van der Waals surface area contributed by atoms with E-state index >= 15 is 0 Å². The number of aliphatic imine (C=N–C) groups is 1. The summed E-state index contributed by atoms with van der Waals surface area (Å²) in [6.07, 6.45) is 1.49. The molecule has 0 saturated carbocycles. The van der Waals surface area contributed by atoms with Gasteiger partial charge in [-0.15, -0.1) is 0 Å². The first-order chi connectivity index (χ1) is 12.1. The van der Waals surface area contributed by atoms with Crippen molar-refractivity contribution in [3.05, 3.63) is 24.3 Å². The van der Waals surface area contributed by atoms with Gasteiger partial charge < -0.3 is 14.4 Å². The lowest BCUT2D eigenvalue weighted by Gasteiger charge is -2.37. The number of rotatable bonds is 2. The van der Waals surface area contributed by atoms with Crippen LogP contribution in [0.2, 0.25) is 0 Å². The van der Waals surface area contributed by atoms with Gasteiger partial charge in [0.15, 0.2) is 11.5 Å². The Bertz CT molecular complexity index is 695. The smallest absolute Gasteiger partial charge is 0.254 e. The van der Waals surface area contributed by atoms with Crippen LogP contribution < -0.4 is 14.8 Å². The average Bonchev–Trinajstić information content (AvgIpc) is 2.94. The van der Waals surface area contributed by atoms with Gasteiger partial charge in [-0.2, -0.15) is 0 Å². The molecule has 1 aromatic rings. The topological polar surface area (TPSA) is 66.4 Å². The second-order valence-corrected chi connectivity index (χ2v) is 7.11. The van der Waals surface area contributed by atoms with Crippen LogP contribution in [0.25, 0.3) is 0 Å². The number of benzene rings is 1. The zero-order chi connectivity index (χ0) is 17.4. The number of nitrogens with one attached hydrogen (secondary N) is 1. The van der Waals surface area contributed by atoms with E-state index in [2.05, 4.69) is 15.2 Å². The van der Waals surface area contributed by atoms with Crippen LogP contribution in [0.3, 0.4) is 0 Å². The third-order valence-corrected chi connectivity index (χ3v) is 5.10. The van der Waals surface area contributed by atoms with Gasteiger partial charge in [0, 0.05) is 33.7 Å². The quantitative estimate of drug-likeness (QED) is 0.856. The highest BCUT2D eigenvalue weighted by Gasteiger charge is 2.46. The lowest BCUT2D eigenvalue weighted by atomic mass is 9.88. The molecule has 3 heterocycles. The largest absolute Gasteiger partial charge is 0.486 e. The third-order valence-electron chi connectivity index (χ3n) is 5.10. The highest BCUT2D eigenvalue weighted by atomic mass is 16.6. The van der Waals surface area contributed by atoms with E-state index in [1.54, 1.807) is 0 Å². The van der Waals surface area contributed by atoms with Crippen molar-refractivity contribution in [3.8, 4) is 11.5 Å². The third kappa shape index (κ3) is 3.04. The lowest BCUT2D eigenvalue weighted by molar-refractivity contribution is -0.125. The Balaban J connectivity index is 1.35. The average molecular weight is 344 g/mol. The van der Waals surface area contributed by atoms with E-state index in [1.165, 1.54) is 0 Å². The van der Waals surface area contributed by atoms with Crippen molar-refractivity contribution >= 4 is 11.9 Å². The first kappa shape index (κ1) is 16.2. The van der Waals surface area contributed by atoms with Gasteiger partial charge in [-0.3, -0.25) is 15.0 Å². The van der Waals surface area contributed by atoms with Gasteiger partial charge >= 0.3 is 0 Å². The molecule has 1 amide bonds. The summed E-state index contributed by atoms with van der Waals surface area (Å²) in [6, 6.07) is 7.76. The Hall–Kier alpha value is -2.28. The van der Waals surface area contributed by atoms with E-state index in [9.17, 15) is 4.79 Å². The van der Waals surface area contributed by atoms with E-state index in [4.69, 9.17) is 9.47 Å². The molecular weight excluding hydrogens is 320 g/mol. The van der Waals surface area contributed by atoms with Crippen LogP contribution in [0.1, 0.15) is 12.8 Å². The number of hydrogen-bond donors (Lipinski definition) is 1. The second-order valence-electron chi connectivity index (χ2n) is 7.11. The molecule has 1 spiro atoms. The maximum atomic E-state index is 12.4. The molecule has 4 rings (SSSR count). The Morgan fingerprint density at radius 2 is 2.00 bits per heavy atom. The number of carbonyl (C=O) groups is 1. The summed E-state index contributed by atoms with van der Waals surface area (Å²) in [5.41, 5.74) is -0.591. The van der Waals surface area contributed by atoms with E-state index in [0.29, 0.717) is 12.6 Å². The van der Waals surface area contributed by atoms with Crippen LogP contribution in [0, 0.1) is 0 Å². The molecule has 1 atom stereocenters. The molecule has 0 radical (unpaired) electrons. The first-order valence-electron chi connectivity index (χ1n) is 8.75. The van der Waals surface area contributed by atoms with E-state index in [-0.39, 0.29) is 12.0 Å². The monoisotopic (exact) mass is 344 g/mol. The van der Waals surface area contributed by atoms with Crippen molar-refractivity contribution in [2.75, 3.05) is 40.3 Å². The minimum absolute atomic E-state index is 0.0159. The molecule has 1 N–H and O–H groups in total. The number of carbonyl (C=O) groups excluding carboxylic acids is 1. The number of hydrogen-bond acceptors (Lipinski definition) is 6. The summed E-state index contributed by atoms with van der Waals surface area (Å²) < 4.78 is 11.8. The van der Waals surface area contributed by atoms with E-state index in [0.717, 1.165) is 44.0 Å². The van der Waals surface area contributed by atoms with Gasteiger partial charge in [0.1, 0.15) is 18.2 Å². The molecule has 1 aromatic carbocycles. The van der Waals surface area contributed by atoms with Crippen LogP contribution in [-0.2, 0) is 4.79 Å². The molecule has 0 aromatic heterocycles. The van der Waals surface area contributed by atoms with Gasteiger partial charge in [0.2, 0.25) is 5.96 Å². The number of nitrogens with zero attached hydrogens (tertiary/aromatic N) is 3. The SMILES string of the molecule is CN(C)C1=NC2(CCN(CC3COc4ccccc4O3)CC2)C(=O)N1. The molecule has 7 nitrogen and oxygen atoms in total. The maximum absolute atomic E-state index is 12.4. The summed E-state index contributed by atoms with van der Waals surface area (Å²) >= 11 is 0. The minimum atomic E-state index is -0.591. The van der Waals surface area contributed by atoms with Crippen LogP contribution in [0.4, 0.5) is 0 Å². The summed E-state index contributed by atoms with van der Waals surface area (Å²) in [5.74, 6) is 2.31. The van der Waals surface area contributed by atoms with Crippen molar-refractivity contribution in [1.82, 2.24) is 15.1 Å². The first-order valence-corrected chi connectivity index (χ1v) is 8.75. The van der Waals surface area contributed by atoms with Crippen LogP contribution in [-0.4, -0.2) is 73.6 Å². The van der Waals surface area contributed by atoms with E-state index < -0.39 is 5.54 Å². The van der Waals surface area contributed by atoms with Gasteiger partial charge in [-0.25, -0.2) is 4.99 Å². The Morgan fingerprint density at radius 1 is 1.28 bits per heavy atom. The molecule has 25 heavy (non-hydrogen) atoms. The highest BCUT2D eigenvalue weighted by molar-refractivity contribution is 6.07. The highest BCUT2D eigenvalue weighted by Crippen LogP contribution is 2.33. The molecule has 3 aliphatic heterocycles. The number of ether oxygens (including phenoxy) is 2. The predicted octanol–water partition coefficient (Wildman–Crippen LogP) is 0.708. The molecule has 1 saturated heterocycles. The van der Waals surface area contributed by atoms with Gasteiger partial charge in [0.25, 0.3) is 5.91 Å². The Kier molecular flexibility index (Phi) is 4.03. The fourth-order valence-corrected chi connectivity index (χ4v) is 3.60. The molecule has 0 bridgehead atoms. The Morgan fingerprint density at radius 3 is 2.68 bits per heavy atom. The van der Waals surface area contributed by atoms with Crippen molar-refractivity contribution in [2.45, 2.75) is 24.5 Å².